The molecule has 1 fully saturated rings. The van der Waals surface area contributed by atoms with Gasteiger partial charge in [0.2, 0.25) is 0 Å². The van der Waals surface area contributed by atoms with Crippen LogP contribution >= 0.6 is 11.8 Å². The smallest absolute Gasteiger partial charge is 0.0634 e. The van der Waals surface area contributed by atoms with Crippen molar-refractivity contribution in [3.05, 3.63) is 30.3 Å². The predicted molar refractivity (Wildman–Crippen MR) is 76.0 cm³/mol. The monoisotopic (exact) mass is 266 g/mol. The molecule has 2 nitrogen and oxygen atoms in total. The van der Waals surface area contributed by atoms with Crippen molar-refractivity contribution < 1.29 is 9.84 Å². The molecule has 1 saturated heterocycles. The fourth-order valence-electron chi connectivity index (χ4n) is 2.25. The zero-order valence-corrected chi connectivity index (χ0v) is 11.6. The Morgan fingerprint density at radius 2 is 2.17 bits per heavy atom. The maximum Gasteiger partial charge on any atom is 0.0634 e. The molecule has 1 aliphatic rings. The average molecular weight is 266 g/mol. The zero-order chi connectivity index (χ0) is 12.6. The lowest BCUT2D eigenvalue weighted by molar-refractivity contribution is 0.0966. The van der Waals surface area contributed by atoms with E-state index in [0.717, 1.165) is 31.6 Å². The third-order valence-corrected chi connectivity index (χ3v) is 4.43. The molecule has 3 heteroatoms. The van der Waals surface area contributed by atoms with E-state index >= 15 is 0 Å². The quantitative estimate of drug-likeness (QED) is 0.766. The van der Waals surface area contributed by atoms with E-state index in [4.69, 9.17) is 4.74 Å². The Morgan fingerprint density at radius 1 is 1.33 bits per heavy atom. The van der Waals surface area contributed by atoms with Crippen LogP contribution in [-0.4, -0.2) is 29.7 Å². The molecule has 1 aliphatic heterocycles. The van der Waals surface area contributed by atoms with Crippen molar-refractivity contribution in [3.8, 4) is 0 Å². The van der Waals surface area contributed by atoms with Crippen molar-refractivity contribution in [2.45, 2.75) is 49.2 Å². The number of hydrogen-bond donors (Lipinski definition) is 1. The van der Waals surface area contributed by atoms with E-state index in [1.807, 2.05) is 18.2 Å². The standard InChI is InChI=1S/C15H22O2S/c16-13(6-4-7-14-8-5-11-17-14)12-18-15-9-2-1-3-10-15/h1-3,9-10,13-14,16H,4-8,11-12H2. The summed E-state index contributed by atoms with van der Waals surface area (Å²) in [6.07, 6.45) is 5.73. The molecule has 1 N–H and O–H groups in total. The molecule has 0 saturated carbocycles. The molecule has 2 rings (SSSR count). The summed E-state index contributed by atoms with van der Waals surface area (Å²) in [6, 6.07) is 10.3. The SMILES string of the molecule is OC(CCCC1CCCO1)CSc1ccccc1. The van der Waals surface area contributed by atoms with Gasteiger partial charge in [0.15, 0.2) is 0 Å². The molecule has 1 heterocycles. The number of aliphatic hydroxyl groups is 1. The lowest BCUT2D eigenvalue weighted by Crippen LogP contribution is -2.12. The summed E-state index contributed by atoms with van der Waals surface area (Å²) in [5.74, 6) is 0.787. The zero-order valence-electron chi connectivity index (χ0n) is 10.8. The fourth-order valence-corrected chi connectivity index (χ4v) is 3.15. The summed E-state index contributed by atoms with van der Waals surface area (Å²) >= 11 is 1.73. The van der Waals surface area contributed by atoms with Crippen molar-refractivity contribution in [1.82, 2.24) is 0 Å². The van der Waals surface area contributed by atoms with Gasteiger partial charge in [-0.25, -0.2) is 0 Å². The molecule has 0 aromatic heterocycles. The van der Waals surface area contributed by atoms with Crippen LogP contribution in [0.4, 0.5) is 0 Å². The molecule has 2 unspecified atom stereocenters. The second kappa shape index (κ2) is 7.82. The highest BCUT2D eigenvalue weighted by atomic mass is 32.2. The Balaban J connectivity index is 1.56. The van der Waals surface area contributed by atoms with E-state index < -0.39 is 0 Å². The van der Waals surface area contributed by atoms with Gasteiger partial charge in [0.1, 0.15) is 0 Å². The third-order valence-electron chi connectivity index (χ3n) is 3.27. The van der Waals surface area contributed by atoms with Crippen molar-refractivity contribution in [2.75, 3.05) is 12.4 Å². The van der Waals surface area contributed by atoms with Gasteiger partial charge in [-0.1, -0.05) is 18.2 Å². The lowest BCUT2D eigenvalue weighted by Gasteiger charge is -2.12. The Morgan fingerprint density at radius 3 is 2.89 bits per heavy atom. The molecule has 0 amide bonds. The number of benzene rings is 1. The largest absolute Gasteiger partial charge is 0.392 e. The van der Waals surface area contributed by atoms with E-state index in [2.05, 4.69) is 12.1 Å². The minimum atomic E-state index is -0.198. The van der Waals surface area contributed by atoms with Crippen molar-refractivity contribution in [1.29, 1.82) is 0 Å². The average Bonchev–Trinajstić information content (AvgIpc) is 2.91. The number of ether oxygens (including phenoxy) is 1. The van der Waals surface area contributed by atoms with Crippen LogP contribution in [0.3, 0.4) is 0 Å². The summed E-state index contributed by atoms with van der Waals surface area (Å²) in [5, 5.41) is 9.92. The van der Waals surface area contributed by atoms with Crippen LogP contribution in [0.5, 0.6) is 0 Å². The van der Waals surface area contributed by atoms with Crippen molar-refractivity contribution in [2.24, 2.45) is 0 Å². The number of aliphatic hydroxyl groups excluding tert-OH is 1. The minimum Gasteiger partial charge on any atom is -0.392 e. The number of hydrogen-bond acceptors (Lipinski definition) is 3. The Labute approximate surface area is 114 Å². The number of thioether (sulfide) groups is 1. The van der Waals surface area contributed by atoms with Crippen molar-refractivity contribution >= 4 is 11.8 Å². The van der Waals surface area contributed by atoms with Crippen LogP contribution in [0, 0.1) is 0 Å². The van der Waals surface area contributed by atoms with Crippen LogP contribution in [0.2, 0.25) is 0 Å². The first-order valence-corrected chi connectivity index (χ1v) is 7.80. The Hall–Kier alpha value is -0.510. The molecule has 0 radical (unpaired) electrons. The molecule has 18 heavy (non-hydrogen) atoms. The van der Waals surface area contributed by atoms with Crippen LogP contribution < -0.4 is 0 Å². The molecule has 1 aromatic rings. The molecule has 100 valence electrons. The van der Waals surface area contributed by atoms with Gasteiger partial charge in [-0.2, -0.15) is 0 Å². The molecule has 0 spiro atoms. The highest BCUT2D eigenvalue weighted by Crippen LogP contribution is 2.21. The van der Waals surface area contributed by atoms with Gasteiger partial charge in [-0.15, -0.1) is 11.8 Å². The summed E-state index contributed by atoms with van der Waals surface area (Å²) in [6.45, 7) is 0.928. The summed E-state index contributed by atoms with van der Waals surface area (Å²) in [4.78, 5) is 1.23. The highest BCUT2D eigenvalue weighted by molar-refractivity contribution is 7.99. The van der Waals surface area contributed by atoms with E-state index in [1.54, 1.807) is 11.8 Å². The van der Waals surface area contributed by atoms with E-state index in [0.29, 0.717) is 6.10 Å². The van der Waals surface area contributed by atoms with Crippen molar-refractivity contribution in [3.63, 3.8) is 0 Å². The van der Waals surface area contributed by atoms with Gasteiger partial charge in [0.25, 0.3) is 0 Å². The van der Waals surface area contributed by atoms with Crippen LogP contribution in [-0.2, 0) is 4.74 Å². The van der Waals surface area contributed by atoms with Crippen LogP contribution in [0.25, 0.3) is 0 Å². The second-order valence-electron chi connectivity index (χ2n) is 4.84. The van der Waals surface area contributed by atoms with Gasteiger partial charge in [0, 0.05) is 17.3 Å². The lowest BCUT2D eigenvalue weighted by atomic mass is 10.1. The molecule has 0 bridgehead atoms. The summed E-state index contributed by atoms with van der Waals surface area (Å²) < 4.78 is 5.58. The van der Waals surface area contributed by atoms with Gasteiger partial charge in [0.05, 0.1) is 12.2 Å². The van der Waals surface area contributed by atoms with E-state index in [9.17, 15) is 5.11 Å². The first kappa shape index (κ1) is 13.9. The fraction of sp³-hybridized carbons (Fsp3) is 0.600. The van der Waals surface area contributed by atoms with E-state index in [1.165, 1.54) is 17.7 Å². The van der Waals surface area contributed by atoms with E-state index in [-0.39, 0.29) is 6.10 Å². The Kier molecular flexibility index (Phi) is 6.05. The van der Waals surface area contributed by atoms with Crippen LogP contribution in [0.1, 0.15) is 32.1 Å². The van der Waals surface area contributed by atoms with Gasteiger partial charge in [-0.3, -0.25) is 0 Å². The number of rotatable bonds is 7. The predicted octanol–water partition coefficient (Wildman–Crippen LogP) is 3.49. The first-order chi connectivity index (χ1) is 8.84. The first-order valence-electron chi connectivity index (χ1n) is 6.82. The molecular weight excluding hydrogens is 244 g/mol. The summed E-state index contributed by atoms with van der Waals surface area (Å²) in [5.41, 5.74) is 0. The molecule has 1 aromatic carbocycles. The molecule has 0 aliphatic carbocycles. The normalized spacial score (nSPS) is 21.1. The minimum absolute atomic E-state index is 0.198. The topological polar surface area (TPSA) is 29.5 Å². The third kappa shape index (κ3) is 5.01. The summed E-state index contributed by atoms with van der Waals surface area (Å²) in [7, 11) is 0. The molecule has 2 atom stereocenters. The van der Waals surface area contributed by atoms with Gasteiger partial charge in [-0.05, 0) is 44.2 Å². The maximum absolute atomic E-state index is 9.92. The van der Waals surface area contributed by atoms with Gasteiger partial charge >= 0.3 is 0 Å². The van der Waals surface area contributed by atoms with Crippen LogP contribution in [0.15, 0.2) is 35.2 Å². The second-order valence-corrected chi connectivity index (χ2v) is 5.94. The highest BCUT2D eigenvalue weighted by Gasteiger charge is 2.15. The Bertz CT molecular complexity index is 323. The maximum atomic E-state index is 9.92. The molecular formula is C15H22O2S. The van der Waals surface area contributed by atoms with Gasteiger partial charge < -0.3 is 9.84 Å².